The van der Waals surface area contributed by atoms with Crippen molar-refractivity contribution < 1.29 is 9.66 Å². The first kappa shape index (κ1) is 22.2. The van der Waals surface area contributed by atoms with Crippen LogP contribution in [0.15, 0.2) is 71.2 Å². The Bertz CT molecular complexity index is 1090. The lowest BCUT2D eigenvalue weighted by molar-refractivity contribution is -0.383. The van der Waals surface area contributed by atoms with E-state index in [1.807, 2.05) is 30.3 Å². The first-order valence-electron chi connectivity index (χ1n) is 10.6. The zero-order valence-corrected chi connectivity index (χ0v) is 17.9. The minimum atomic E-state index is -0.484. The number of nitrogens with zero attached hydrogens (tertiary/aromatic N) is 6. The van der Waals surface area contributed by atoms with Gasteiger partial charge in [-0.2, -0.15) is 10.2 Å². The number of anilines is 3. The molecule has 0 saturated carbocycles. The Labute approximate surface area is 190 Å². The second kappa shape index (κ2) is 11.1. The van der Waals surface area contributed by atoms with E-state index in [0.717, 1.165) is 25.3 Å². The van der Waals surface area contributed by atoms with Crippen molar-refractivity contribution >= 4 is 34.4 Å². The zero-order valence-electron chi connectivity index (χ0n) is 17.9. The molecule has 0 unspecified atom stereocenters. The van der Waals surface area contributed by atoms with Crippen LogP contribution < -0.4 is 10.6 Å². The molecule has 1 aliphatic heterocycles. The molecule has 2 aromatic carbocycles. The van der Waals surface area contributed by atoms with Crippen LogP contribution in [0, 0.1) is 10.1 Å². The number of ether oxygens (including phenoxy) is 1. The largest absolute Gasteiger partial charge is 0.379 e. The molecule has 2 N–H and O–H groups in total. The molecule has 170 valence electrons. The predicted octanol–water partition coefficient (Wildman–Crippen LogP) is 4.29. The highest BCUT2D eigenvalue weighted by Crippen LogP contribution is 2.31. The average Bonchev–Trinajstić information content (AvgIpc) is 2.85. The molecule has 0 atom stereocenters. The first-order chi connectivity index (χ1) is 16.2. The van der Waals surface area contributed by atoms with Crippen LogP contribution in [-0.2, 0) is 4.74 Å². The van der Waals surface area contributed by atoms with Crippen molar-refractivity contribution in [1.29, 1.82) is 0 Å². The Balaban J connectivity index is 1.42. The zero-order chi connectivity index (χ0) is 22.9. The highest BCUT2D eigenvalue weighted by atomic mass is 16.6. The molecule has 33 heavy (non-hydrogen) atoms. The van der Waals surface area contributed by atoms with Crippen molar-refractivity contribution in [1.82, 2.24) is 14.9 Å². The molecule has 1 fully saturated rings. The first-order valence-corrected chi connectivity index (χ1v) is 10.6. The molecule has 1 aromatic heterocycles. The minimum Gasteiger partial charge on any atom is -0.379 e. The molecule has 0 radical (unpaired) electrons. The predicted molar refractivity (Wildman–Crippen MR) is 125 cm³/mol. The van der Waals surface area contributed by atoms with E-state index in [1.54, 1.807) is 24.3 Å². The molecule has 0 amide bonds. The SMILES string of the molecule is O=[N+]([O-])c1c(NCCN2CCOCC2)ncnc1Nc1ccc(N=Nc2ccccc2)cc1. The van der Waals surface area contributed by atoms with E-state index in [9.17, 15) is 10.1 Å². The van der Waals surface area contributed by atoms with Crippen LogP contribution in [0.2, 0.25) is 0 Å². The molecule has 0 spiro atoms. The van der Waals surface area contributed by atoms with Gasteiger partial charge in [-0.05, 0) is 36.4 Å². The molecule has 2 heterocycles. The van der Waals surface area contributed by atoms with E-state index in [0.29, 0.717) is 31.1 Å². The summed E-state index contributed by atoms with van der Waals surface area (Å²) < 4.78 is 5.34. The molecule has 11 heteroatoms. The van der Waals surface area contributed by atoms with Gasteiger partial charge in [0.1, 0.15) is 6.33 Å². The number of hydrogen-bond donors (Lipinski definition) is 2. The van der Waals surface area contributed by atoms with Crippen LogP contribution in [0.4, 0.5) is 34.4 Å². The van der Waals surface area contributed by atoms with E-state index in [-0.39, 0.29) is 17.3 Å². The Hall–Kier alpha value is -3.96. The number of rotatable bonds is 9. The van der Waals surface area contributed by atoms with Crippen molar-refractivity contribution in [2.45, 2.75) is 0 Å². The fraction of sp³-hybridized carbons (Fsp3) is 0.273. The van der Waals surface area contributed by atoms with Gasteiger partial charge in [0.15, 0.2) is 0 Å². The summed E-state index contributed by atoms with van der Waals surface area (Å²) in [5, 5.41) is 26.2. The lowest BCUT2D eigenvalue weighted by atomic mass is 10.3. The van der Waals surface area contributed by atoms with Gasteiger partial charge < -0.3 is 15.4 Å². The summed E-state index contributed by atoms with van der Waals surface area (Å²) in [5.41, 5.74) is 1.85. The van der Waals surface area contributed by atoms with Crippen LogP contribution in [0.5, 0.6) is 0 Å². The van der Waals surface area contributed by atoms with Gasteiger partial charge in [0, 0.05) is 31.9 Å². The molecule has 3 aromatic rings. The number of nitro groups is 1. The maximum Gasteiger partial charge on any atom is 0.353 e. The summed E-state index contributed by atoms with van der Waals surface area (Å²) in [7, 11) is 0. The van der Waals surface area contributed by atoms with Gasteiger partial charge in [0.2, 0.25) is 11.6 Å². The summed E-state index contributed by atoms with van der Waals surface area (Å²) in [6.45, 7) is 4.37. The Morgan fingerprint density at radius 1 is 0.970 bits per heavy atom. The van der Waals surface area contributed by atoms with Crippen LogP contribution >= 0.6 is 0 Å². The molecule has 4 rings (SSSR count). The van der Waals surface area contributed by atoms with Crippen molar-refractivity contribution in [3.63, 3.8) is 0 Å². The normalized spacial score (nSPS) is 14.3. The van der Waals surface area contributed by atoms with Gasteiger partial charge in [-0.1, -0.05) is 18.2 Å². The fourth-order valence-corrected chi connectivity index (χ4v) is 3.29. The topological polar surface area (TPSA) is 130 Å². The Kier molecular flexibility index (Phi) is 7.46. The number of nitrogens with one attached hydrogen (secondary N) is 2. The highest BCUT2D eigenvalue weighted by Gasteiger charge is 2.23. The second-order valence-electron chi connectivity index (χ2n) is 7.26. The smallest absolute Gasteiger partial charge is 0.353 e. The summed E-state index contributed by atoms with van der Waals surface area (Å²) in [5.74, 6) is 0.293. The molecular formula is C22H24N8O3. The van der Waals surface area contributed by atoms with Crippen LogP contribution in [0.1, 0.15) is 0 Å². The number of morpholine rings is 1. The van der Waals surface area contributed by atoms with E-state index in [4.69, 9.17) is 4.74 Å². The van der Waals surface area contributed by atoms with Crippen molar-refractivity contribution in [2.75, 3.05) is 50.0 Å². The summed E-state index contributed by atoms with van der Waals surface area (Å²) >= 11 is 0. The van der Waals surface area contributed by atoms with E-state index < -0.39 is 4.92 Å². The van der Waals surface area contributed by atoms with E-state index in [1.165, 1.54) is 6.33 Å². The maximum atomic E-state index is 11.8. The van der Waals surface area contributed by atoms with Crippen molar-refractivity contribution in [3.05, 3.63) is 71.0 Å². The van der Waals surface area contributed by atoms with Gasteiger partial charge in [-0.15, -0.1) is 0 Å². The van der Waals surface area contributed by atoms with Crippen LogP contribution in [0.3, 0.4) is 0 Å². The number of aromatic nitrogens is 2. The van der Waals surface area contributed by atoms with Gasteiger partial charge in [0.25, 0.3) is 0 Å². The molecular weight excluding hydrogens is 424 g/mol. The van der Waals surface area contributed by atoms with Gasteiger partial charge >= 0.3 is 5.69 Å². The minimum absolute atomic E-state index is 0.113. The van der Waals surface area contributed by atoms with Crippen molar-refractivity contribution in [2.24, 2.45) is 10.2 Å². The highest BCUT2D eigenvalue weighted by molar-refractivity contribution is 5.74. The number of azo groups is 1. The van der Waals surface area contributed by atoms with Crippen LogP contribution in [0.25, 0.3) is 0 Å². The number of hydrogen-bond acceptors (Lipinski definition) is 10. The molecule has 0 bridgehead atoms. The third-order valence-corrected chi connectivity index (χ3v) is 5.00. The molecule has 1 aliphatic rings. The van der Waals surface area contributed by atoms with Crippen molar-refractivity contribution in [3.8, 4) is 0 Å². The third kappa shape index (κ3) is 6.28. The van der Waals surface area contributed by atoms with Gasteiger partial charge in [0.05, 0.1) is 29.5 Å². The lowest BCUT2D eigenvalue weighted by Crippen LogP contribution is -2.39. The quantitative estimate of drug-likeness (QED) is 0.282. The second-order valence-corrected chi connectivity index (χ2v) is 7.26. The standard InChI is InChI=1S/C22H24N8O3/c31-30(32)20-21(23-10-11-29-12-14-33-15-13-29)24-16-25-22(20)26-17-6-8-19(9-7-17)28-27-18-4-2-1-3-5-18/h1-9,16H,10-15H2,(H2,23,24,25,26). The summed E-state index contributed by atoms with van der Waals surface area (Å²) in [6, 6.07) is 16.5. The monoisotopic (exact) mass is 448 g/mol. The van der Waals surface area contributed by atoms with Crippen LogP contribution in [-0.4, -0.2) is 59.2 Å². The molecule has 11 nitrogen and oxygen atoms in total. The molecule has 0 aliphatic carbocycles. The van der Waals surface area contributed by atoms with E-state index >= 15 is 0 Å². The van der Waals surface area contributed by atoms with Gasteiger partial charge in [-0.3, -0.25) is 15.0 Å². The lowest BCUT2D eigenvalue weighted by Gasteiger charge is -2.26. The fourth-order valence-electron chi connectivity index (χ4n) is 3.29. The third-order valence-electron chi connectivity index (χ3n) is 5.00. The summed E-state index contributed by atoms with van der Waals surface area (Å²) in [4.78, 5) is 21.7. The number of benzene rings is 2. The maximum absolute atomic E-state index is 11.8. The van der Waals surface area contributed by atoms with E-state index in [2.05, 4.69) is 35.7 Å². The Morgan fingerprint density at radius 2 is 1.64 bits per heavy atom. The van der Waals surface area contributed by atoms with Gasteiger partial charge in [-0.25, -0.2) is 9.97 Å². The summed E-state index contributed by atoms with van der Waals surface area (Å²) in [6.07, 6.45) is 1.30. The Morgan fingerprint density at radius 3 is 2.33 bits per heavy atom. The molecule has 1 saturated heterocycles. The average molecular weight is 448 g/mol.